The van der Waals surface area contributed by atoms with Crippen LogP contribution in [0.1, 0.15) is 5.56 Å². The minimum Gasteiger partial charge on any atom is -0.440 e. The van der Waals surface area contributed by atoms with E-state index < -0.39 is 18.6 Å². The number of amides is 4. The lowest BCUT2D eigenvalue weighted by Crippen LogP contribution is -2.42. The van der Waals surface area contributed by atoms with E-state index in [1.807, 2.05) is 18.2 Å². The van der Waals surface area contributed by atoms with Gasteiger partial charge in [0.1, 0.15) is 0 Å². The molecule has 3 rings (SSSR count). The number of urea groups is 1. The Labute approximate surface area is 153 Å². The van der Waals surface area contributed by atoms with Crippen LogP contribution in [0.2, 0.25) is 0 Å². The summed E-state index contributed by atoms with van der Waals surface area (Å²) in [7, 11) is 3.49. The summed E-state index contributed by atoms with van der Waals surface area (Å²) >= 11 is 1.24. The van der Waals surface area contributed by atoms with Crippen molar-refractivity contribution in [3.8, 4) is 11.3 Å². The van der Waals surface area contributed by atoms with E-state index in [0.717, 1.165) is 16.8 Å². The molecule has 0 radical (unpaired) electrons. The highest BCUT2D eigenvalue weighted by atomic mass is 32.1. The molecule has 1 aromatic carbocycles. The van der Waals surface area contributed by atoms with Crippen LogP contribution in [0.25, 0.3) is 11.3 Å². The van der Waals surface area contributed by atoms with Gasteiger partial charge in [-0.05, 0) is 11.6 Å². The zero-order valence-corrected chi connectivity index (χ0v) is 15.0. The number of carbonyl (C=O) groups excluding carboxylic acids is 3. The number of benzene rings is 1. The van der Waals surface area contributed by atoms with Gasteiger partial charge in [0.25, 0.3) is 5.91 Å². The Bertz CT molecular complexity index is 881. The third-order valence-electron chi connectivity index (χ3n) is 3.86. The molecule has 1 aliphatic heterocycles. The maximum absolute atomic E-state index is 12.1. The van der Waals surface area contributed by atoms with Crippen molar-refractivity contribution >= 4 is 40.2 Å². The Balaban J connectivity index is 1.77. The van der Waals surface area contributed by atoms with E-state index in [1.54, 1.807) is 29.3 Å². The number of aromatic nitrogens is 1. The zero-order chi connectivity index (χ0) is 18.8. The zero-order valence-electron chi connectivity index (χ0n) is 14.2. The Morgan fingerprint density at radius 2 is 2.15 bits per heavy atom. The summed E-state index contributed by atoms with van der Waals surface area (Å²) in [5.74, 6) is -0.525. The van der Waals surface area contributed by atoms with Gasteiger partial charge in [0.05, 0.1) is 11.4 Å². The van der Waals surface area contributed by atoms with E-state index in [2.05, 4.69) is 15.0 Å². The minimum atomic E-state index is -1.02. The molecule has 1 aliphatic rings. The van der Waals surface area contributed by atoms with Crippen LogP contribution in [-0.4, -0.2) is 48.6 Å². The van der Waals surface area contributed by atoms with Crippen molar-refractivity contribution in [3.05, 3.63) is 29.1 Å². The molecule has 2 heterocycles. The molecule has 136 valence electrons. The van der Waals surface area contributed by atoms with Gasteiger partial charge in [-0.2, -0.15) is 0 Å². The molecule has 1 aromatic heterocycles. The van der Waals surface area contributed by atoms with Crippen LogP contribution in [0.15, 0.2) is 23.6 Å². The molecule has 9 nitrogen and oxygen atoms in total. The number of ether oxygens (including phenoxy) is 1. The summed E-state index contributed by atoms with van der Waals surface area (Å²) in [4.78, 5) is 41.9. The van der Waals surface area contributed by atoms with Gasteiger partial charge in [0.2, 0.25) is 0 Å². The molecule has 2 aromatic rings. The second-order valence-electron chi connectivity index (χ2n) is 5.73. The van der Waals surface area contributed by atoms with E-state index in [1.165, 1.54) is 11.3 Å². The Morgan fingerprint density at radius 1 is 1.38 bits per heavy atom. The number of carbonyl (C=O) groups is 3. The van der Waals surface area contributed by atoms with Crippen LogP contribution in [0.5, 0.6) is 0 Å². The largest absolute Gasteiger partial charge is 0.440 e. The van der Waals surface area contributed by atoms with Crippen molar-refractivity contribution in [2.45, 2.75) is 6.54 Å². The summed E-state index contributed by atoms with van der Waals surface area (Å²) in [6.45, 7) is 0.0839. The summed E-state index contributed by atoms with van der Waals surface area (Å²) in [6.07, 6.45) is -1.02. The van der Waals surface area contributed by atoms with Crippen LogP contribution in [0.4, 0.5) is 20.4 Å². The van der Waals surface area contributed by atoms with Crippen molar-refractivity contribution in [3.63, 3.8) is 0 Å². The smallest absolute Gasteiger partial charge is 0.405 e. The van der Waals surface area contributed by atoms with E-state index in [-0.39, 0.29) is 6.03 Å². The number of nitrogens with zero attached hydrogens (tertiary/aromatic N) is 3. The molecule has 0 fully saturated rings. The monoisotopic (exact) mass is 375 g/mol. The molecule has 0 aliphatic carbocycles. The van der Waals surface area contributed by atoms with Gasteiger partial charge >= 0.3 is 12.1 Å². The van der Waals surface area contributed by atoms with Gasteiger partial charge in [0.15, 0.2) is 11.7 Å². The van der Waals surface area contributed by atoms with Gasteiger partial charge in [-0.3, -0.25) is 15.0 Å². The Kier molecular flexibility index (Phi) is 4.76. The average Bonchev–Trinajstić information content (AvgIpc) is 3.06. The van der Waals surface area contributed by atoms with Crippen LogP contribution in [0.3, 0.4) is 0 Å². The molecule has 26 heavy (non-hydrogen) atoms. The highest BCUT2D eigenvalue weighted by Gasteiger charge is 2.25. The molecule has 0 bridgehead atoms. The van der Waals surface area contributed by atoms with Crippen LogP contribution in [-0.2, 0) is 16.1 Å². The molecule has 3 N–H and O–H groups in total. The van der Waals surface area contributed by atoms with E-state index in [4.69, 9.17) is 5.73 Å². The Morgan fingerprint density at radius 3 is 2.88 bits per heavy atom. The molecule has 0 unspecified atom stereocenters. The predicted octanol–water partition coefficient (Wildman–Crippen LogP) is 1.85. The highest BCUT2D eigenvalue weighted by molar-refractivity contribution is 7.14. The summed E-state index contributed by atoms with van der Waals surface area (Å²) in [6, 6.07) is 5.71. The first-order valence-corrected chi connectivity index (χ1v) is 8.53. The van der Waals surface area contributed by atoms with Gasteiger partial charge < -0.3 is 15.4 Å². The van der Waals surface area contributed by atoms with E-state index in [0.29, 0.717) is 17.4 Å². The number of nitrogens with two attached hydrogens (primary N) is 1. The van der Waals surface area contributed by atoms with Crippen LogP contribution >= 0.6 is 11.3 Å². The number of nitrogens with one attached hydrogen (secondary N) is 1. The first-order chi connectivity index (χ1) is 12.3. The molecule has 10 heteroatoms. The lowest BCUT2D eigenvalue weighted by Gasteiger charge is -2.32. The molecule has 4 amide bonds. The number of anilines is 2. The van der Waals surface area contributed by atoms with Crippen LogP contribution in [0, 0.1) is 0 Å². The number of hydrogen-bond donors (Lipinski definition) is 2. The summed E-state index contributed by atoms with van der Waals surface area (Å²) in [5, 5.41) is 4.71. The fourth-order valence-corrected chi connectivity index (χ4v) is 3.34. The lowest BCUT2D eigenvalue weighted by atomic mass is 10.0. The van der Waals surface area contributed by atoms with Crippen molar-refractivity contribution in [2.24, 2.45) is 5.73 Å². The maximum Gasteiger partial charge on any atom is 0.405 e. The number of primary amides is 1. The minimum absolute atomic E-state index is 0.0738. The topological polar surface area (TPSA) is 118 Å². The second-order valence-corrected chi connectivity index (χ2v) is 6.59. The van der Waals surface area contributed by atoms with Crippen molar-refractivity contribution in [1.82, 2.24) is 9.88 Å². The summed E-state index contributed by atoms with van der Waals surface area (Å²) < 4.78 is 4.42. The molecule has 0 saturated carbocycles. The first kappa shape index (κ1) is 17.7. The average molecular weight is 375 g/mol. The van der Waals surface area contributed by atoms with E-state index in [9.17, 15) is 14.4 Å². The van der Waals surface area contributed by atoms with Gasteiger partial charge in [0, 0.05) is 31.6 Å². The highest BCUT2D eigenvalue weighted by Crippen LogP contribution is 2.33. The van der Waals surface area contributed by atoms with Crippen molar-refractivity contribution in [2.75, 3.05) is 30.9 Å². The first-order valence-electron chi connectivity index (χ1n) is 7.65. The SMILES string of the molecule is CN1Cc2ccc(-c3csc(NC(=O)COC(N)=O)n3)cc2N(C)C1=O. The molecule has 0 atom stereocenters. The van der Waals surface area contributed by atoms with Gasteiger partial charge in [-0.1, -0.05) is 12.1 Å². The molecular weight excluding hydrogens is 358 g/mol. The fraction of sp³-hybridized carbons (Fsp3) is 0.250. The van der Waals surface area contributed by atoms with Crippen LogP contribution < -0.4 is 16.0 Å². The Hall–Kier alpha value is -3.14. The van der Waals surface area contributed by atoms with Gasteiger partial charge in [-0.15, -0.1) is 11.3 Å². The lowest BCUT2D eigenvalue weighted by molar-refractivity contribution is -0.118. The second kappa shape index (κ2) is 7.00. The van der Waals surface area contributed by atoms with Crippen molar-refractivity contribution < 1.29 is 19.1 Å². The molecule has 0 spiro atoms. The number of rotatable bonds is 4. The normalized spacial score (nSPS) is 13.4. The fourth-order valence-electron chi connectivity index (χ4n) is 2.61. The van der Waals surface area contributed by atoms with Gasteiger partial charge in [-0.25, -0.2) is 14.6 Å². The number of fused-ring (bicyclic) bond motifs is 1. The third-order valence-corrected chi connectivity index (χ3v) is 4.62. The molecule has 0 saturated heterocycles. The predicted molar refractivity (Wildman–Crippen MR) is 97.0 cm³/mol. The number of hydrogen-bond acceptors (Lipinski definition) is 6. The maximum atomic E-state index is 12.1. The molecular formula is C16H17N5O4S. The summed E-state index contributed by atoms with van der Waals surface area (Å²) in [5.41, 5.74) is 8.20. The number of thiazole rings is 1. The standard InChI is InChI=1S/C16H17N5O4S/c1-20-6-10-4-3-9(5-12(10)21(2)16(20)24)11-8-26-15(18-11)19-13(22)7-25-14(17)23/h3-5,8H,6-7H2,1-2H3,(H2,17,23)(H,18,19,22). The van der Waals surface area contributed by atoms with E-state index >= 15 is 0 Å². The quantitative estimate of drug-likeness (QED) is 0.845. The third kappa shape index (κ3) is 3.59. The van der Waals surface area contributed by atoms with Crippen molar-refractivity contribution in [1.29, 1.82) is 0 Å².